The van der Waals surface area contributed by atoms with Crippen molar-refractivity contribution in [3.8, 4) is 0 Å². The molecule has 0 unspecified atom stereocenters. The summed E-state index contributed by atoms with van der Waals surface area (Å²) in [6.07, 6.45) is 0.279. The van der Waals surface area contributed by atoms with Crippen molar-refractivity contribution in [3.63, 3.8) is 0 Å². The van der Waals surface area contributed by atoms with Crippen molar-refractivity contribution in [3.05, 3.63) is 70.0 Å². The van der Waals surface area contributed by atoms with Crippen molar-refractivity contribution in [1.82, 2.24) is 15.1 Å². The first-order valence-corrected chi connectivity index (χ1v) is 10.1. The molecule has 1 N–H and O–H groups in total. The van der Waals surface area contributed by atoms with Crippen LogP contribution in [0, 0.1) is 12.7 Å². The van der Waals surface area contributed by atoms with Crippen molar-refractivity contribution in [2.75, 3.05) is 32.7 Å². The summed E-state index contributed by atoms with van der Waals surface area (Å²) in [5.74, 6) is -0.476. The molecule has 2 aromatic rings. The molecule has 2 amide bonds. The lowest BCUT2D eigenvalue weighted by atomic mass is 10.1. The van der Waals surface area contributed by atoms with Crippen LogP contribution in [-0.4, -0.2) is 54.3 Å². The highest BCUT2D eigenvalue weighted by molar-refractivity contribution is 6.31. The first-order chi connectivity index (χ1) is 13.9. The highest BCUT2D eigenvalue weighted by Gasteiger charge is 2.21. The first kappa shape index (κ1) is 21.3. The second kappa shape index (κ2) is 9.85. The molecule has 0 aromatic heterocycles. The van der Waals surface area contributed by atoms with E-state index >= 15 is 0 Å². The molecule has 1 aliphatic rings. The summed E-state index contributed by atoms with van der Waals surface area (Å²) in [5.41, 5.74) is 2.57. The quantitative estimate of drug-likeness (QED) is 0.785. The Labute approximate surface area is 175 Å². The molecule has 1 heterocycles. The Morgan fingerprint density at radius 1 is 1.07 bits per heavy atom. The molecule has 0 spiro atoms. The standard InChI is InChI=1S/C22H25ClFN3O2/c1-16-2-4-17(5-3-16)22(29)25-9-8-21(28)27-12-10-26(11-13-27)15-18-6-7-19(24)14-20(18)23/h2-7,14H,8-13,15H2,1H3,(H,25,29). The van der Waals surface area contributed by atoms with Crippen LogP contribution in [0.5, 0.6) is 0 Å². The minimum Gasteiger partial charge on any atom is -0.352 e. The predicted molar refractivity (Wildman–Crippen MR) is 111 cm³/mol. The number of benzene rings is 2. The van der Waals surface area contributed by atoms with Gasteiger partial charge in [0.15, 0.2) is 0 Å². The molecule has 3 rings (SSSR count). The summed E-state index contributed by atoms with van der Waals surface area (Å²) in [6.45, 7) is 5.64. The first-order valence-electron chi connectivity index (χ1n) is 9.71. The van der Waals surface area contributed by atoms with Gasteiger partial charge >= 0.3 is 0 Å². The lowest BCUT2D eigenvalue weighted by molar-refractivity contribution is -0.132. The Balaban J connectivity index is 1.39. The number of aryl methyl sites for hydroxylation is 1. The lowest BCUT2D eigenvalue weighted by Gasteiger charge is -2.35. The second-order valence-corrected chi connectivity index (χ2v) is 7.67. The summed E-state index contributed by atoms with van der Waals surface area (Å²) in [5, 5.41) is 3.22. The van der Waals surface area contributed by atoms with Crippen LogP contribution >= 0.6 is 11.6 Å². The molecule has 154 valence electrons. The van der Waals surface area contributed by atoms with Crippen molar-refractivity contribution in [2.45, 2.75) is 19.9 Å². The van der Waals surface area contributed by atoms with Crippen LogP contribution in [0.4, 0.5) is 4.39 Å². The van der Waals surface area contributed by atoms with Gasteiger partial charge in [0, 0.05) is 56.3 Å². The zero-order valence-electron chi connectivity index (χ0n) is 16.5. The smallest absolute Gasteiger partial charge is 0.251 e. The zero-order chi connectivity index (χ0) is 20.8. The molecule has 0 radical (unpaired) electrons. The Hall–Kier alpha value is -2.44. The summed E-state index contributed by atoms with van der Waals surface area (Å²) in [7, 11) is 0. The Morgan fingerprint density at radius 2 is 1.76 bits per heavy atom. The predicted octanol–water partition coefficient (Wildman–Crippen LogP) is 3.25. The summed E-state index contributed by atoms with van der Waals surface area (Å²) >= 11 is 6.10. The van der Waals surface area contributed by atoms with Gasteiger partial charge in [-0.3, -0.25) is 14.5 Å². The fourth-order valence-electron chi connectivity index (χ4n) is 3.29. The van der Waals surface area contributed by atoms with E-state index in [1.165, 1.54) is 12.1 Å². The van der Waals surface area contributed by atoms with E-state index in [0.29, 0.717) is 36.8 Å². The zero-order valence-corrected chi connectivity index (χ0v) is 17.2. The minimum atomic E-state index is -0.344. The van der Waals surface area contributed by atoms with Gasteiger partial charge in [-0.15, -0.1) is 0 Å². The molecule has 0 bridgehead atoms. The average Bonchev–Trinajstić information content (AvgIpc) is 2.71. The SMILES string of the molecule is Cc1ccc(C(=O)NCCC(=O)N2CCN(Cc3ccc(F)cc3Cl)CC2)cc1. The van der Waals surface area contributed by atoms with Gasteiger partial charge in [0.25, 0.3) is 5.91 Å². The molecule has 5 nitrogen and oxygen atoms in total. The molecule has 7 heteroatoms. The maximum atomic E-state index is 13.2. The average molecular weight is 418 g/mol. The van der Waals surface area contributed by atoms with Crippen molar-refractivity contribution < 1.29 is 14.0 Å². The van der Waals surface area contributed by atoms with Crippen molar-refractivity contribution in [2.24, 2.45) is 0 Å². The van der Waals surface area contributed by atoms with Crippen LogP contribution in [0.3, 0.4) is 0 Å². The number of carbonyl (C=O) groups is 2. The van der Waals surface area contributed by atoms with Gasteiger partial charge in [0.2, 0.25) is 5.91 Å². The van der Waals surface area contributed by atoms with Gasteiger partial charge in [0.1, 0.15) is 5.82 Å². The van der Waals surface area contributed by atoms with E-state index in [9.17, 15) is 14.0 Å². The number of amides is 2. The Morgan fingerprint density at radius 3 is 2.41 bits per heavy atom. The molecule has 0 aliphatic carbocycles. The normalized spacial score (nSPS) is 14.7. The van der Waals surface area contributed by atoms with Gasteiger partial charge < -0.3 is 10.2 Å². The topological polar surface area (TPSA) is 52.7 Å². The van der Waals surface area contributed by atoms with Gasteiger partial charge in [-0.25, -0.2) is 4.39 Å². The Bertz CT molecular complexity index is 865. The molecule has 1 fully saturated rings. The van der Waals surface area contributed by atoms with E-state index in [1.807, 2.05) is 24.0 Å². The number of carbonyl (C=O) groups excluding carboxylic acids is 2. The molecular formula is C22H25ClFN3O2. The van der Waals surface area contributed by atoms with E-state index in [-0.39, 0.29) is 24.1 Å². The van der Waals surface area contributed by atoms with E-state index in [2.05, 4.69) is 10.2 Å². The third-order valence-corrected chi connectivity index (χ3v) is 5.42. The highest BCUT2D eigenvalue weighted by atomic mass is 35.5. The van der Waals surface area contributed by atoms with Crippen LogP contribution < -0.4 is 5.32 Å². The van der Waals surface area contributed by atoms with E-state index in [4.69, 9.17) is 11.6 Å². The van der Waals surface area contributed by atoms with Gasteiger partial charge in [0.05, 0.1) is 0 Å². The number of hydrogen-bond acceptors (Lipinski definition) is 3. The third kappa shape index (κ3) is 6.02. The van der Waals surface area contributed by atoms with Crippen LogP contribution in [0.1, 0.15) is 27.9 Å². The summed E-state index contributed by atoms with van der Waals surface area (Å²) in [4.78, 5) is 28.5. The fourth-order valence-corrected chi connectivity index (χ4v) is 3.52. The maximum Gasteiger partial charge on any atom is 0.251 e. The minimum absolute atomic E-state index is 0.0358. The number of nitrogens with one attached hydrogen (secondary N) is 1. The molecular weight excluding hydrogens is 393 g/mol. The van der Waals surface area contributed by atoms with Crippen LogP contribution in [0.25, 0.3) is 0 Å². The highest BCUT2D eigenvalue weighted by Crippen LogP contribution is 2.19. The van der Waals surface area contributed by atoms with E-state index < -0.39 is 0 Å². The van der Waals surface area contributed by atoms with Crippen molar-refractivity contribution >= 4 is 23.4 Å². The van der Waals surface area contributed by atoms with E-state index in [1.54, 1.807) is 18.2 Å². The molecule has 0 atom stereocenters. The van der Waals surface area contributed by atoms with Gasteiger partial charge in [-0.1, -0.05) is 35.4 Å². The number of piperazine rings is 1. The second-order valence-electron chi connectivity index (χ2n) is 7.26. The lowest BCUT2D eigenvalue weighted by Crippen LogP contribution is -2.48. The van der Waals surface area contributed by atoms with Gasteiger partial charge in [-0.2, -0.15) is 0 Å². The number of rotatable bonds is 6. The maximum absolute atomic E-state index is 13.2. The van der Waals surface area contributed by atoms with Crippen molar-refractivity contribution in [1.29, 1.82) is 0 Å². The van der Waals surface area contributed by atoms with Crippen LogP contribution in [-0.2, 0) is 11.3 Å². The monoisotopic (exact) mass is 417 g/mol. The molecule has 29 heavy (non-hydrogen) atoms. The Kier molecular flexibility index (Phi) is 7.23. The fraction of sp³-hybridized carbons (Fsp3) is 0.364. The van der Waals surface area contributed by atoms with Gasteiger partial charge in [-0.05, 0) is 36.8 Å². The largest absolute Gasteiger partial charge is 0.352 e. The number of hydrogen-bond donors (Lipinski definition) is 1. The van der Waals surface area contributed by atoms with Crippen LogP contribution in [0.2, 0.25) is 5.02 Å². The molecule has 2 aromatic carbocycles. The summed E-state index contributed by atoms with van der Waals surface area (Å²) in [6, 6.07) is 11.8. The molecule has 1 saturated heterocycles. The summed E-state index contributed by atoms with van der Waals surface area (Å²) < 4.78 is 13.2. The van der Waals surface area contributed by atoms with E-state index in [0.717, 1.165) is 24.2 Å². The molecule has 1 aliphatic heterocycles. The third-order valence-electron chi connectivity index (χ3n) is 5.07. The number of halogens is 2. The number of nitrogens with zero attached hydrogens (tertiary/aromatic N) is 2. The molecule has 0 saturated carbocycles. The van der Waals surface area contributed by atoms with Crippen LogP contribution in [0.15, 0.2) is 42.5 Å².